The lowest BCUT2D eigenvalue weighted by Crippen LogP contribution is -2.66. The second kappa shape index (κ2) is 3.95. The van der Waals surface area contributed by atoms with Gasteiger partial charge in [0.05, 0.1) is 0 Å². The Labute approximate surface area is 91.3 Å². The first-order valence-electron chi connectivity index (χ1n) is 5.95. The van der Waals surface area contributed by atoms with Gasteiger partial charge < -0.3 is 5.32 Å². The van der Waals surface area contributed by atoms with Crippen LogP contribution in [0.2, 0.25) is 0 Å². The maximum absolute atomic E-state index is 3.52. The van der Waals surface area contributed by atoms with E-state index in [9.17, 15) is 0 Å². The molecule has 0 radical (unpaired) electrons. The maximum atomic E-state index is 3.52. The van der Waals surface area contributed by atoms with Crippen LogP contribution in [0, 0.1) is 0 Å². The highest BCUT2D eigenvalue weighted by atomic mass is 15.3. The van der Waals surface area contributed by atoms with Gasteiger partial charge in [-0.15, -0.1) is 0 Å². The van der Waals surface area contributed by atoms with Crippen LogP contribution >= 0.6 is 0 Å². The highest BCUT2D eigenvalue weighted by Crippen LogP contribution is 2.24. The Bertz CT molecular complexity index is 323. The van der Waals surface area contributed by atoms with E-state index in [1.807, 2.05) is 0 Å². The summed E-state index contributed by atoms with van der Waals surface area (Å²) in [5, 5.41) is 3.52. The highest BCUT2D eigenvalue weighted by Gasteiger charge is 2.37. The summed E-state index contributed by atoms with van der Waals surface area (Å²) in [5.41, 5.74) is 1.45. The van der Waals surface area contributed by atoms with Gasteiger partial charge in [0.1, 0.15) is 0 Å². The summed E-state index contributed by atoms with van der Waals surface area (Å²) in [5.74, 6) is 0. The van der Waals surface area contributed by atoms with E-state index in [0.29, 0.717) is 0 Å². The van der Waals surface area contributed by atoms with Crippen molar-refractivity contribution >= 4 is 0 Å². The standard InChI is InChI=1S/C13H18N2/c1-2-5-11(6-3-1)10-15-8-4-7-12-13(15)9-14-12/h1-3,5-6,12-14H,4,7-10H2. The molecule has 0 spiro atoms. The first-order chi connectivity index (χ1) is 7.43. The molecular formula is C13H18N2. The summed E-state index contributed by atoms with van der Waals surface area (Å²) in [6.45, 7) is 3.60. The van der Waals surface area contributed by atoms with Gasteiger partial charge in [0, 0.05) is 25.2 Å². The van der Waals surface area contributed by atoms with E-state index in [1.54, 1.807) is 0 Å². The molecule has 0 aromatic heterocycles. The summed E-state index contributed by atoms with van der Waals surface area (Å²) in [4.78, 5) is 2.64. The van der Waals surface area contributed by atoms with Crippen molar-refractivity contribution in [1.82, 2.24) is 10.2 Å². The molecule has 2 unspecified atom stereocenters. The van der Waals surface area contributed by atoms with Gasteiger partial charge in [-0.05, 0) is 24.9 Å². The Morgan fingerprint density at radius 3 is 2.87 bits per heavy atom. The minimum absolute atomic E-state index is 0.780. The van der Waals surface area contributed by atoms with E-state index >= 15 is 0 Å². The van der Waals surface area contributed by atoms with Crippen molar-refractivity contribution in [2.24, 2.45) is 0 Å². The van der Waals surface area contributed by atoms with Gasteiger partial charge in [0.25, 0.3) is 0 Å². The molecule has 2 atom stereocenters. The van der Waals surface area contributed by atoms with Gasteiger partial charge in [0.15, 0.2) is 0 Å². The fourth-order valence-corrected chi connectivity index (χ4v) is 2.76. The zero-order valence-corrected chi connectivity index (χ0v) is 9.02. The molecule has 2 aliphatic heterocycles. The summed E-state index contributed by atoms with van der Waals surface area (Å²) in [6, 6.07) is 12.4. The van der Waals surface area contributed by atoms with Crippen LogP contribution in [0.3, 0.4) is 0 Å². The van der Waals surface area contributed by atoms with Gasteiger partial charge >= 0.3 is 0 Å². The monoisotopic (exact) mass is 202 g/mol. The molecule has 2 saturated heterocycles. The Morgan fingerprint density at radius 2 is 2.13 bits per heavy atom. The van der Waals surface area contributed by atoms with E-state index in [-0.39, 0.29) is 0 Å². The average molecular weight is 202 g/mol. The summed E-state index contributed by atoms with van der Waals surface area (Å²) in [6.07, 6.45) is 2.72. The van der Waals surface area contributed by atoms with Gasteiger partial charge in [0.2, 0.25) is 0 Å². The molecule has 0 saturated carbocycles. The van der Waals surface area contributed by atoms with Gasteiger partial charge in [-0.3, -0.25) is 4.90 Å². The molecule has 0 aliphatic carbocycles. The smallest absolute Gasteiger partial charge is 0.0377 e. The van der Waals surface area contributed by atoms with Crippen LogP contribution in [-0.4, -0.2) is 30.1 Å². The fourth-order valence-electron chi connectivity index (χ4n) is 2.76. The molecular weight excluding hydrogens is 184 g/mol. The van der Waals surface area contributed by atoms with E-state index in [2.05, 4.69) is 40.5 Å². The van der Waals surface area contributed by atoms with Gasteiger partial charge in [-0.1, -0.05) is 30.3 Å². The first kappa shape index (κ1) is 9.37. The van der Waals surface area contributed by atoms with Crippen molar-refractivity contribution in [3.05, 3.63) is 35.9 Å². The molecule has 15 heavy (non-hydrogen) atoms. The number of rotatable bonds is 2. The molecule has 3 rings (SSSR count). The molecule has 0 bridgehead atoms. The number of hydrogen-bond donors (Lipinski definition) is 1. The lowest BCUT2D eigenvalue weighted by atomic mass is 9.89. The maximum Gasteiger partial charge on any atom is 0.0377 e. The largest absolute Gasteiger partial charge is 0.311 e. The van der Waals surface area contributed by atoms with Crippen LogP contribution in [0.4, 0.5) is 0 Å². The number of nitrogens with zero attached hydrogens (tertiary/aromatic N) is 1. The molecule has 1 aromatic carbocycles. The molecule has 1 aromatic rings. The van der Waals surface area contributed by atoms with E-state index in [0.717, 1.165) is 18.6 Å². The predicted octanol–water partition coefficient (Wildman–Crippen LogP) is 1.62. The molecule has 2 fully saturated rings. The molecule has 2 nitrogen and oxygen atoms in total. The van der Waals surface area contributed by atoms with Crippen LogP contribution in [0.25, 0.3) is 0 Å². The summed E-state index contributed by atoms with van der Waals surface area (Å²) < 4.78 is 0. The molecule has 2 aliphatic rings. The average Bonchev–Trinajstić information content (AvgIpc) is 2.22. The Kier molecular flexibility index (Phi) is 2.47. The summed E-state index contributed by atoms with van der Waals surface area (Å²) >= 11 is 0. The number of hydrogen-bond acceptors (Lipinski definition) is 2. The van der Waals surface area contributed by atoms with E-state index in [1.165, 1.54) is 31.5 Å². The third kappa shape index (κ3) is 1.80. The normalized spacial score (nSPS) is 30.7. The number of benzene rings is 1. The molecule has 2 heteroatoms. The predicted molar refractivity (Wildman–Crippen MR) is 61.7 cm³/mol. The Morgan fingerprint density at radius 1 is 1.27 bits per heavy atom. The van der Waals surface area contributed by atoms with Crippen molar-refractivity contribution in [2.75, 3.05) is 13.1 Å². The third-order valence-corrected chi connectivity index (χ3v) is 3.71. The van der Waals surface area contributed by atoms with Crippen LogP contribution in [0.15, 0.2) is 30.3 Å². The Hall–Kier alpha value is -0.860. The third-order valence-electron chi connectivity index (χ3n) is 3.71. The topological polar surface area (TPSA) is 15.3 Å². The van der Waals surface area contributed by atoms with E-state index in [4.69, 9.17) is 0 Å². The SMILES string of the molecule is c1ccc(CN2CCCC3NCC32)cc1. The van der Waals surface area contributed by atoms with Crippen molar-refractivity contribution in [3.63, 3.8) is 0 Å². The minimum atomic E-state index is 0.780. The second-order valence-corrected chi connectivity index (χ2v) is 4.68. The van der Waals surface area contributed by atoms with Crippen molar-refractivity contribution in [2.45, 2.75) is 31.5 Å². The molecule has 0 amide bonds. The highest BCUT2D eigenvalue weighted by molar-refractivity contribution is 5.15. The van der Waals surface area contributed by atoms with Crippen LogP contribution in [0.1, 0.15) is 18.4 Å². The fraction of sp³-hybridized carbons (Fsp3) is 0.538. The summed E-state index contributed by atoms with van der Waals surface area (Å²) in [7, 11) is 0. The lowest BCUT2D eigenvalue weighted by Gasteiger charge is -2.49. The number of fused-ring (bicyclic) bond motifs is 1. The van der Waals surface area contributed by atoms with Crippen molar-refractivity contribution in [1.29, 1.82) is 0 Å². The zero-order valence-electron chi connectivity index (χ0n) is 9.02. The van der Waals surface area contributed by atoms with E-state index < -0.39 is 0 Å². The first-order valence-corrected chi connectivity index (χ1v) is 5.95. The molecule has 1 N–H and O–H groups in total. The quantitative estimate of drug-likeness (QED) is 0.784. The van der Waals surface area contributed by atoms with Crippen molar-refractivity contribution < 1.29 is 0 Å². The minimum Gasteiger partial charge on any atom is -0.311 e. The second-order valence-electron chi connectivity index (χ2n) is 4.68. The molecule has 80 valence electrons. The van der Waals surface area contributed by atoms with Crippen LogP contribution in [0.5, 0.6) is 0 Å². The van der Waals surface area contributed by atoms with Crippen LogP contribution in [-0.2, 0) is 6.54 Å². The number of nitrogens with one attached hydrogen (secondary N) is 1. The van der Waals surface area contributed by atoms with Gasteiger partial charge in [-0.25, -0.2) is 0 Å². The zero-order chi connectivity index (χ0) is 10.1. The van der Waals surface area contributed by atoms with Crippen LogP contribution < -0.4 is 5.32 Å². The number of likely N-dealkylation sites (tertiary alicyclic amines) is 1. The lowest BCUT2D eigenvalue weighted by molar-refractivity contribution is 0.0493. The van der Waals surface area contributed by atoms with Crippen molar-refractivity contribution in [3.8, 4) is 0 Å². The Balaban J connectivity index is 1.67. The number of piperidine rings is 1. The molecule has 2 heterocycles. The van der Waals surface area contributed by atoms with Gasteiger partial charge in [-0.2, -0.15) is 0 Å².